The zero-order valence-electron chi connectivity index (χ0n) is 12.1. The summed E-state index contributed by atoms with van der Waals surface area (Å²) < 4.78 is 5.47. The number of ether oxygens (including phenoxy) is 1. The lowest BCUT2D eigenvalue weighted by Crippen LogP contribution is -2.21. The van der Waals surface area contributed by atoms with Crippen molar-refractivity contribution in [2.24, 2.45) is 5.41 Å². The van der Waals surface area contributed by atoms with E-state index in [0.29, 0.717) is 31.1 Å². The Labute approximate surface area is 119 Å². The number of nitrogens with one attached hydrogen (secondary N) is 2. The summed E-state index contributed by atoms with van der Waals surface area (Å²) in [5.41, 5.74) is 0.00934. The van der Waals surface area contributed by atoms with E-state index in [4.69, 9.17) is 4.74 Å². The fourth-order valence-corrected chi connectivity index (χ4v) is 1.76. The van der Waals surface area contributed by atoms with Crippen molar-refractivity contribution >= 4 is 11.9 Å². The number of aliphatic hydroxyl groups excluding tert-OH is 1. The summed E-state index contributed by atoms with van der Waals surface area (Å²) in [6.45, 7) is 6.20. The Morgan fingerprint density at radius 1 is 1.15 bits per heavy atom. The van der Waals surface area contributed by atoms with Crippen LogP contribution in [0.25, 0.3) is 0 Å². The monoisotopic (exact) mass is 281 g/mol. The first kappa shape index (κ1) is 14.8. The van der Waals surface area contributed by atoms with Gasteiger partial charge in [0, 0.05) is 18.5 Å². The van der Waals surface area contributed by atoms with E-state index in [1.54, 1.807) is 0 Å². The minimum absolute atomic E-state index is 0.00934. The molecule has 0 unspecified atom stereocenters. The van der Waals surface area contributed by atoms with E-state index >= 15 is 0 Å². The van der Waals surface area contributed by atoms with Crippen LogP contribution in [0.15, 0.2) is 0 Å². The van der Waals surface area contributed by atoms with Gasteiger partial charge in [0.05, 0.1) is 13.2 Å². The highest BCUT2D eigenvalue weighted by atomic mass is 16.5. The highest BCUT2D eigenvalue weighted by Crippen LogP contribution is 2.44. The fraction of sp³-hybridized carbons (Fsp3) is 0.769. The van der Waals surface area contributed by atoms with Crippen LogP contribution in [0.2, 0.25) is 0 Å². The lowest BCUT2D eigenvalue weighted by atomic mass is 10.1. The average molecular weight is 281 g/mol. The van der Waals surface area contributed by atoms with Gasteiger partial charge in [-0.25, -0.2) is 0 Å². The molecule has 7 heteroatoms. The summed E-state index contributed by atoms with van der Waals surface area (Å²) >= 11 is 0. The highest BCUT2D eigenvalue weighted by molar-refractivity contribution is 5.36. The van der Waals surface area contributed by atoms with Gasteiger partial charge in [-0.2, -0.15) is 15.0 Å². The molecular weight excluding hydrogens is 258 g/mol. The molecule has 0 bridgehead atoms. The van der Waals surface area contributed by atoms with Gasteiger partial charge in [0.2, 0.25) is 11.9 Å². The average Bonchev–Trinajstić information content (AvgIpc) is 3.24. The first-order valence-electron chi connectivity index (χ1n) is 7.19. The van der Waals surface area contributed by atoms with Gasteiger partial charge < -0.3 is 20.5 Å². The first-order chi connectivity index (χ1) is 9.71. The van der Waals surface area contributed by atoms with E-state index in [0.717, 1.165) is 25.8 Å². The zero-order chi connectivity index (χ0) is 14.4. The normalized spacial score (nSPS) is 15.8. The molecule has 0 atom stereocenters. The van der Waals surface area contributed by atoms with Crippen molar-refractivity contribution in [1.29, 1.82) is 0 Å². The van der Waals surface area contributed by atoms with Crippen LogP contribution in [-0.2, 0) is 0 Å². The minimum Gasteiger partial charge on any atom is -0.463 e. The molecule has 1 fully saturated rings. The predicted molar refractivity (Wildman–Crippen MR) is 77.0 cm³/mol. The van der Waals surface area contributed by atoms with E-state index in [-0.39, 0.29) is 12.0 Å². The zero-order valence-corrected chi connectivity index (χ0v) is 12.1. The van der Waals surface area contributed by atoms with Crippen molar-refractivity contribution in [3.63, 3.8) is 0 Å². The fourth-order valence-electron chi connectivity index (χ4n) is 1.76. The number of hydrogen-bond donors (Lipinski definition) is 3. The maximum absolute atomic E-state index is 9.31. The highest BCUT2D eigenvalue weighted by Gasteiger charge is 2.41. The third-order valence-corrected chi connectivity index (χ3v) is 3.30. The molecule has 0 aliphatic heterocycles. The van der Waals surface area contributed by atoms with Crippen molar-refractivity contribution < 1.29 is 9.84 Å². The molecule has 0 saturated heterocycles. The number of aliphatic hydroxyl groups is 1. The Bertz CT molecular complexity index is 437. The number of rotatable bonds is 9. The van der Waals surface area contributed by atoms with Crippen molar-refractivity contribution in [3.05, 3.63) is 0 Å². The van der Waals surface area contributed by atoms with Gasteiger partial charge in [-0.3, -0.25) is 0 Å². The van der Waals surface area contributed by atoms with E-state index in [1.807, 2.05) is 13.8 Å². The molecule has 20 heavy (non-hydrogen) atoms. The third kappa shape index (κ3) is 3.93. The van der Waals surface area contributed by atoms with Gasteiger partial charge in [-0.05, 0) is 26.2 Å². The van der Waals surface area contributed by atoms with E-state index in [2.05, 4.69) is 25.6 Å². The van der Waals surface area contributed by atoms with Gasteiger partial charge in [0.15, 0.2) is 0 Å². The van der Waals surface area contributed by atoms with Crippen LogP contribution in [0.4, 0.5) is 11.9 Å². The van der Waals surface area contributed by atoms with Crippen LogP contribution in [0.1, 0.15) is 33.1 Å². The second kappa shape index (κ2) is 6.69. The topological polar surface area (TPSA) is 92.2 Å². The second-order valence-electron chi connectivity index (χ2n) is 5.16. The van der Waals surface area contributed by atoms with Crippen molar-refractivity contribution in [2.45, 2.75) is 33.1 Å². The maximum Gasteiger partial charge on any atom is 0.323 e. The lowest BCUT2D eigenvalue weighted by molar-refractivity contribution is 0.219. The van der Waals surface area contributed by atoms with Gasteiger partial charge in [0.1, 0.15) is 0 Å². The van der Waals surface area contributed by atoms with Gasteiger partial charge in [-0.1, -0.05) is 6.92 Å². The number of hydrogen-bond acceptors (Lipinski definition) is 7. The molecule has 1 saturated carbocycles. The Hall–Kier alpha value is -1.63. The summed E-state index contributed by atoms with van der Waals surface area (Å²) in [5, 5.41) is 15.5. The van der Waals surface area contributed by atoms with Gasteiger partial charge in [0.25, 0.3) is 0 Å². The van der Waals surface area contributed by atoms with Gasteiger partial charge in [-0.15, -0.1) is 0 Å². The molecule has 1 aliphatic rings. The Kier molecular flexibility index (Phi) is 4.94. The largest absolute Gasteiger partial charge is 0.463 e. The van der Waals surface area contributed by atoms with Crippen LogP contribution in [0.3, 0.4) is 0 Å². The molecule has 112 valence electrons. The molecule has 0 spiro atoms. The van der Waals surface area contributed by atoms with Crippen molar-refractivity contribution in [3.8, 4) is 6.01 Å². The van der Waals surface area contributed by atoms with E-state index < -0.39 is 0 Å². The molecule has 0 amide bonds. The Morgan fingerprint density at radius 3 is 2.40 bits per heavy atom. The molecule has 3 N–H and O–H groups in total. The Balaban J connectivity index is 2.03. The first-order valence-corrected chi connectivity index (χ1v) is 7.19. The van der Waals surface area contributed by atoms with Crippen molar-refractivity contribution in [2.75, 3.05) is 36.9 Å². The smallest absolute Gasteiger partial charge is 0.323 e. The summed E-state index contributed by atoms with van der Waals surface area (Å²) in [7, 11) is 0. The molecule has 1 aromatic heterocycles. The molecule has 0 radical (unpaired) electrons. The van der Waals surface area contributed by atoms with Crippen LogP contribution in [0.5, 0.6) is 6.01 Å². The SMILES string of the molecule is CCCOc1nc(NCC)nc(NCC2(CO)CC2)n1. The number of anilines is 2. The summed E-state index contributed by atoms with van der Waals surface area (Å²) in [6.07, 6.45) is 2.99. The standard InChI is InChI=1S/C13H23N5O2/c1-3-7-20-12-17-10(14-4-2)16-11(18-12)15-8-13(9-19)5-6-13/h19H,3-9H2,1-2H3,(H2,14,15,16,17,18). The van der Waals surface area contributed by atoms with Gasteiger partial charge >= 0.3 is 6.01 Å². The molecular formula is C13H23N5O2. The van der Waals surface area contributed by atoms with Crippen LogP contribution < -0.4 is 15.4 Å². The molecule has 0 aromatic carbocycles. The van der Waals surface area contributed by atoms with Crippen LogP contribution in [0, 0.1) is 5.41 Å². The number of aromatic nitrogens is 3. The van der Waals surface area contributed by atoms with E-state index in [9.17, 15) is 5.11 Å². The summed E-state index contributed by atoms with van der Waals surface area (Å²) in [4.78, 5) is 12.7. The molecule has 1 aliphatic carbocycles. The summed E-state index contributed by atoms with van der Waals surface area (Å²) in [6, 6.07) is 0.328. The predicted octanol–water partition coefficient (Wildman–Crippen LogP) is 1.28. The Morgan fingerprint density at radius 2 is 1.85 bits per heavy atom. The molecule has 2 rings (SSSR count). The maximum atomic E-state index is 9.31. The summed E-state index contributed by atoms with van der Waals surface area (Å²) in [5.74, 6) is 0.992. The number of nitrogens with zero attached hydrogens (tertiary/aromatic N) is 3. The minimum atomic E-state index is 0.00934. The van der Waals surface area contributed by atoms with Crippen LogP contribution >= 0.6 is 0 Å². The molecule has 1 heterocycles. The van der Waals surface area contributed by atoms with E-state index in [1.165, 1.54) is 0 Å². The quantitative estimate of drug-likeness (QED) is 0.628. The second-order valence-corrected chi connectivity index (χ2v) is 5.16. The molecule has 7 nitrogen and oxygen atoms in total. The third-order valence-electron chi connectivity index (χ3n) is 3.30. The lowest BCUT2D eigenvalue weighted by Gasteiger charge is -2.14. The van der Waals surface area contributed by atoms with Crippen LogP contribution in [-0.4, -0.2) is 46.4 Å². The molecule has 1 aromatic rings. The van der Waals surface area contributed by atoms with Crippen molar-refractivity contribution in [1.82, 2.24) is 15.0 Å².